The maximum absolute atomic E-state index is 12.2. The van der Waals surface area contributed by atoms with E-state index in [0.29, 0.717) is 6.42 Å². The van der Waals surface area contributed by atoms with E-state index in [4.69, 9.17) is 10.5 Å². The summed E-state index contributed by atoms with van der Waals surface area (Å²) in [5, 5.41) is 3.05. The summed E-state index contributed by atoms with van der Waals surface area (Å²) in [5.41, 5.74) is 7.10. The van der Waals surface area contributed by atoms with Crippen molar-refractivity contribution in [1.82, 2.24) is 5.32 Å². The van der Waals surface area contributed by atoms with E-state index in [1.807, 2.05) is 31.2 Å². The molecule has 0 aromatic heterocycles. The Balaban J connectivity index is 1.88. The molecule has 4 nitrogen and oxygen atoms in total. The van der Waals surface area contributed by atoms with Crippen LogP contribution in [0.3, 0.4) is 0 Å². The molecule has 1 saturated carbocycles. The van der Waals surface area contributed by atoms with Gasteiger partial charge in [0, 0.05) is 12.0 Å². The van der Waals surface area contributed by atoms with Crippen LogP contribution in [0.2, 0.25) is 0 Å². The lowest BCUT2D eigenvalue weighted by molar-refractivity contribution is -0.123. The molecule has 0 aliphatic heterocycles. The van der Waals surface area contributed by atoms with Crippen LogP contribution in [0.25, 0.3) is 0 Å². The van der Waals surface area contributed by atoms with Gasteiger partial charge in [0.2, 0.25) is 5.91 Å². The summed E-state index contributed by atoms with van der Waals surface area (Å²) in [7, 11) is 1.64. The van der Waals surface area contributed by atoms with Crippen LogP contribution < -0.4 is 15.8 Å². The lowest BCUT2D eigenvalue weighted by Crippen LogP contribution is -2.46. The number of hydrogen-bond donors (Lipinski definition) is 2. The van der Waals surface area contributed by atoms with Gasteiger partial charge < -0.3 is 15.8 Å². The highest BCUT2D eigenvalue weighted by molar-refractivity contribution is 5.77. The van der Waals surface area contributed by atoms with E-state index in [1.165, 1.54) is 6.42 Å². The minimum Gasteiger partial charge on any atom is -0.497 e. The molecule has 0 unspecified atom stereocenters. The number of ether oxygens (including phenoxy) is 1. The maximum Gasteiger partial charge on any atom is 0.222 e. The van der Waals surface area contributed by atoms with Crippen molar-refractivity contribution in [3.05, 3.63) is 29.8 Å². The highest BCUT2D eigenvalue weighted by Gasteiger charge is 2.30. The SMILES string of the molecule is COc1ccc([C@@H](C)NC(=O)CC2(N)CCCCC2)cc1. The minimum absolute atomic E-state index is 0.0180. The predicted octanol–water partition coefficient (Wildman–Crippen LogP) is 2.92. The predicted molar refractivity (Wildman–Crippen MR) is 84.2 cm³/mol. The van der Waals surface area contributed by atoms with Gasteiger partial charge in [-0.15, -0.1) is 0 Å². The molecule has 3 N–H and O–H groups in total. The second kappa shape index (κ2) is 6.94. The van der Waals surface area contributed by atoms with Gasteiger partial charge >= 0.3 is 0 Å². The molecule has 0 heterocycles. The van der Waals surface area contributed by atoms with E-state index in [-0.39, 0.29) is 17.5 Å². The Kier molecular flexibility index (Phi) is 5.23. The van der Waals surface area contributed by atoms with Crippen molar-refractivity contribution in [2.75, 3.05) is 7.11 Å². The van der Waals surface area contributed by atoms with Gasteiger partial charge in [0.05, 0.1) is 13.2 Å². The van der Waals surface area contributed by atoms with E-state index in [2.05, 4.69) is 5.32 Å². The molecule has 1 amide bonds. The molecule has 0 bridgehead atoms. The lowest BCUT2D eigenvalue weighted by Gasteiger charge is -2.33. The number of nitrogens with one attached hydrogen (secondary N) is 1. The van der Waals surface area contributed by atoms with E-state index in [1.54, 1.807) is 7.11 Å². The molecule has 1 aliphatic carbocycles. The Morgan fingerprint density at radius 1 is 1.29 bits per heavy atom. The quantitative estimate of drug-likeness (QED) is 0.876. The zero-order valence-corrected chi connectivity index (χ0v) is 13.0. The van der Waals surface area contributed by atoms with Gasteiger partial charge in [-0.1, -0.05) is 31.4 Å². The largest absolute Gasteiger partial charge is 0.497 e. The summed E-state index contributed by atoms with van der Waals surface area (Å²) < 4.78 is 5.14. The number of hydrogen-bond acceptors (Lipinski definition) is 3. The van der Waals surface area contributed by atoms with E-state index < -0.39 is 0 Å². The Bertz CT molecular complexity index is 464. The molecule has 1 atom stereocenters. The summed E-state index contributed by atoms with van der Waals surface area (Å²) in [6.45, 7) is 1.99. The number of carbonyl (C=O) groups is 1. The van der Waals surface area contributed by atoms with Crippen LogP contribution in [0.1, 0.15) is 57.1 Å². The van der Waals surface area contributed by atoms with Crippen molar-refractivity contribution in [3.8, 4) is 5.75 Å². The first-order valence-electron chi connectivity index (χ1n) is 7.75. The topological polar surface area (TPSA) is 64.3 Å². The van der Waals surface area contributed by atoms with Crippen molar-refractivity contribution in [2.45, 2.75) is 57.0 Å². The molecule has 0 saturated heterocycles. The Morgan fingerprint density at radius 3 is 2.48 bits per heavy atom. The molecule has 1 aromatic carbocycles. The van der Waals surface area contributed by atoms with Crippen LogP contribution in [0.5, 0.6) is 5.75 Å². The van der Waals surface area contributed by atoms with Crippen LogP contribution in [-0.2, 0) is 4.79 Å². The van der Waals surface area contributed by atoms with Crippen molar-refractivity contribution >= 4 is 5.91 Å². The summed E-state index contributed by atoms with van der Waals surface area (Å²) in [6.07, 6.45) is 5.85. The molecule has 4 heteroatoms. The minimum atomic E-state index is -0.304. The van der Waals surface area contributed by atoms with Crippen LogP contribution in [0.4, 0.5) is 0 Å². The highest BCUT2D eigenvalue weighted by atomic mass is 16.5. The van der Waals surface area contributed by atoms with Crippen molar-refractivity contribution in [2.24, 2.45) is 5.73 Å². The molecule has 2 rings (SSSR count). The summed E-state index contributed by atoms with van der Waals surface area (Å²) in [4.78, 5) is 12.2. The Labute approximate surface area is 127 Å². The smallest absolute Gasteiger partial charge is 0.222 e. The van der Waals surface area contributed by atoms with Gasteiger partial charge in [-0.25, -0.2) is 0 Å². The Morgan fingerprint density at radius 2 is 1.90 bits per heavy atom. The molecular weight excluding hydrogens is 264 g/mol. The molecule has 1 aromatic rings. The van der Waals surface area contributed by atoms with Gasteiger partial charge in [0.15, 0.2) is 0 Å². The van der Waals surface area contributed by atoms with Crippen molar-refractivity contribution in [3.63, 3.8) is 0 Å². The third kappa shape index (κ3) is 4.46. The van der Waals surface area contributed by atoms with Gasteiger partial charge in [-0.2, -0.15) is 0 Å². The first-order valence-corrected chi connectivity index (χ1v) is 7.75. The Hall–Kier alpha value is -1.55. The number of benzene rings is 1. The molecular formula is C17H26N2O2. The molecule has 116 valence electrons. The van der Waals surface area contributed by atoms with Gasteiger partial charge in [0.1, 0.15) is 5.75 Å². The number of carbonyl (C=O) groups excluding carboxylic acids is 1. The normalized spacial score (nSPS) is 18.8. The van der Waals surface area contributed by atoms with Crippen LogP contribution in [0, 0.1) is 0 Å². The van der Waals surface area contributed by atoms with E-state index in [9.17, 15) is 4.79 Å². The van der Waals surface area contributed by atoms with Crippen LogP contribution in [-0.4, -0.2) is 18.6 Å². The van der Waals surface area contributed by atoms with E-state index >= 15 is 0 Å². The van der Waals surface area contributed by atoms with Gasteiger partial charge in [-0.3, -0.25) is 4.79 Å². The third-order valence-corrected chi connectivity index (χ3v) is 4.36. The van der Waals surface area contributed by atoms with Crippen LogP contribution >= 0.6 is 0 Å². The second-order valence-corrected chi connectivity index (χ2v) is 6.16. The molecule has 0 radical (unpaired) electrons. The summed E-state index contributed by atoms with van der Waals surface area (Å²) in [6, 6.07) is 7.74. The molecule has 0 spiro atoms. The number of methoxy groups -OCH3 is 1. The molecule has 21 heavy (non-hydrogen) atoms. The van der Waals surface area contributed by atoms with Crippen molar-refractivity contribution < 1.29 is 9.53 Å². The lowest BCUT2D eigenvalue weighted by atomic mass is 9.80. The highest BCUT2D eigenvalue weighted by Crippen LogP contribution is 2.29. The number of amides is 1. The van der Waals surface area contributed by atoms with Gasteiger partial charge in [-0.05, 0) is 37.5 Å². The maximum atomic E-state index is 12.2. The first-order chi connectivity index (χ1) is 10.0. The van der Waals surface area contributed by atoms with Crippen LogP contribution in [0.15, 0.2) is 24.3 Å². The zero-order chi connectivity index (χ0) is 15.3. The van der Waals surface area contributed by atoms with E-state index in [0.717, 1.165) is 37.0 Å². The fourth-order valence-electron chi connectivity index (χ4n) is 3.02. The fraction of sp³-hybridized carbons (Fsp3) is 0.588. The second-order valence-electron chi connectivity index (χ2n) is 6.16. The summed E-state index contributed by atoms with van der Waals surface area (Å²) in [5.74, 6) is 0.864. The standard InChI is InChI=1S/C17H26N2O2/c1-13(14-6-8-15(21-2)9-7-14)19-16(20)12-17(18)10-4-3-5-11-17/h6-9,13H,3-5,10-12,18H2,1-2H3,(H,19,20)/t13-/m1/s1. The third-order valence-electron chi connectivity index (χ3n) is 4.36. The molecule has 1 aliphatic rings. The zero-order valence-electron chi connectivity index (χ0n) is 13.0. The number of nitrogens with two attached hydrogens (primary N) is 1. The van der Waals surface area contributed by atoms with Crippen molar-refractivity contribution in [1.29, 1.82) is 0 Å². The molecule has 1 fully saturated rings. The first kappa shape index (κ1) is 15.8. The average Bonchev–Trinajstić information content (AvgIpc) is 2.47. The summed E-state index contributed by atoms with van der Waals surface area (Å²) >= 11 is 0. The monoisotopic (exact) mass is 290 g/mol. The average molecular weight is 290 g/mol. The fourth-order valence-corrected chi connectivity index (χ4v) is 3.02. The van der Waals surface area contributed by atoms with Gasteiger partial charge in [0.25, 0.3) is 0 Å². The number of rotatable bonds is 5.